The van der Waals surface area contributed by atoms with Crippen LogP contribution in [0.4, 0.5) is 0 Å². The second-order valence-corrected chi connectivity index (χ2v) is 5.30. The zero-order valence-electron chi connectivity index (χ0n) is 10.8. The first kappa shape index (κ1) is 15.8. The van der Waals surface area contributed by atoms with E-state index in [0.717, 1.165) is 24.5 Å². The summed E-state index contributed by atoms with van der Waals surface area (Å²) in [7, 11) is 0. The van der Waals surface area contributed by atoms with Crippen molar-refractivity contribution >= 4 is 24.0 Å². The van der Waals surface area contributed by atoms with Crippen molar-refractivity contribution in [3.63, 3.8) is 0 Å². The van der Waals surface area contributed by atoms with Crippen molar-refractivity contribution in [3.05, 3.63) is 34.9 Å². The molecule has 1 aliphatic heterocycles. The van der Waals surface area contributed by atoms with Gasteiger partial charge >= 0.3 is 0 Å². The maximum atomic E-state index is 5.93. The first-order valence-electron chi connectivity index (χ1n) is 6.44. The number of halogens is 2. The molecule has 0 amide bonds. The van der Waals surface area contributed by atoms with Gasteiger partial charge < -0.3 is 5.73 Å². The van der Waals surface area contributed by atoms with Crippen molar-refractivity contribution in [3.8, 4) is 0 Å². The molecule has 0 bridgehead atoms. The van der Waals surface area contributed by atoms with Crippen LogP contribution in [0.5, 0.6) is 0 Å². The minimum absolute atomic E-state index is 0. The zero-order chi connectivity index (χ0) is 12.3. The molecule has 1 heterocycles. The van der Waals surface area contributed by atoms with Gasteiger partial charge in [-0.05, 0) is 49.5 Å². The molecule has 1 fully saturated rings. The van der Waals surface area contributed by atoms with Gasteiger partial charge in [-0.1, -0.05) is 30.7 Å². The normalized spacial score (nSPS) is 21.6. The molecule has 2 N–H and O–H groups in total. The molecule has 1 aromatic carbocycles. The average Bonchev–Trinajstić information content (AvgIpc) is 2.81. The zero-order valence-corrected chi connectivity index (χ0v) is 12.4. The van der Waals surface area contributed by atoms with Crippen LogP contribution in [0.15, 0.2) is 24.3 Å². The van der Waals surface area contributed by atoms with Crippen molar-refractivity contribution in [2.45, 2.75) is 25.8 Å². The Kier molecular flexibility index (Phi) is 6.44. The maximum Gasteiger partial charge on any atom is 0.0406 e. The van der Waals surface area contributed by atoms with Gasteiger partial charge in [0.2, 0.25) is 0 Å². The molecule has 1 aliphatic rings. The quantitative estimate of drug-likeness (QED) is 0.919. The van der Waals surface area contributed by atoms with E-state index in [4.69, 9.17) is 17.3 Å². The number of hydrogen-bond acceptors (Lipinski definition) is 2. The van der Waals surface area contributed by atoms with E-state index >= 15 is 0 Å². The number of nitrogens with zero attached hydrogens (tertiary/aromatic N) is 1. The fourth-order valence-corrected chi connectivity index (χ4v) is 2.85. The summed E-state index contributed by atoms with van der Waals surface area (Å²) in [4.78, 5) is 2.56. The first-order valence-corrected chi connectivity index (χ1v) is 6.82. The second kappa shape index (κ2) is 7.34. The third kappa shape index (κ3) is 3.61. The molecular weight excluding hydrogens is 267 g/mol. The summed E-state index contributed by atoms with van der Waals surface area (Å²) in [6.07, 6.45) is 2.37. The van der Waals surface area contributed by atoms with Crippen molar-refractivity contribution in [2.24, 2.45) is 11.7 Å². The molecular formula is C14H22Cl2N2. The standard InChI is InChI=1S/C14H21ClN2.ClH/c1-2-14(12-3-5-13(15)6-4-12)17-8-7-11(9-16)10-17;/h3-6,11,14H,2,7-10,16H2,1H3;1H. The van der Waals surface area contributed by atoms with Gasteiger partial charge in [0.1, 0.15) is 0 Å². The molecule has 1 saturated heterocycles. The van der Waals surface area contributed by atoms with Crippen LogP contribution in [0.3, 0.4) is 0 Å². The van der Waals surface area contributed by atoms with E-state index in [1.807, 2.05) is 12.1 Å². The van der Waals surface area contributed by atoms with Gasteiger partial charge in [0.15, 0.2) is 0 Å². The fourth-order valence-electron chi connectivity index (χ4n) is 2.73. The lowest BCUT2D eigenvalue weighted by Crippen LogP contribution is -2.27. The van der Waals surface area contributed by atoms with Crippen LogP contribution in [0, 0.1) is 5.92 Å². The average molecular weight is 289 g/mol. The number of rotatable bonds is 4. The van der Waals surface area contributed by atoms with E-state index in [9.17, 15) is 0 Å². The van der Waals surface area contributed by atoms with Crippen molar-refractivity contribution in [2.75, 3.05) is 19.6 Å². The minimum Gasteiger partial charge on any atom is -0.330 e. The van der Waals surface area contributed by atoms with Gasteiger partial charge in [0.05, 0.1) is 0 Å². The summed E-state index contributed by atoms with van der Waals surface area (Å²) in [5.41, 5.74) is 7.12. The van der Waals surface area contributed by atoms with Crippen LogP contribution in [-0.2, 0) is 0 Å². The lowest BCUT2D eigenvalue weighted by atomic mass is 10.0. The van der Waals surface area contributed by atoms with E-state index in [0.29, 0.717) is 12.0 Å². The Hall–Kier alpha value is -0.280. The first-order chi connectivity index (χ1) is 8.24. The van der Waals surface area contributed by atoms with E-state index in [1.54, 1.807) is 0 Å². The molecule has 4 heteroatoms. The monoisotopic (exact) mass is 288 g/mol. The minimum atomic E-state index is 0. The summed E-state index contributed by atoms with van der Waals surface area (Å²) in [6, 6.07) is 8.77. The third-order valence-electron chi connectivity index (χ3n) is 3.73. The molecule has 0 radical (unpaired) electrons. The van der Waals surface area contributed by atoms with Crippen LogP contribution >= 0.6 is 24.0 Å². The number of hydrogen-bond donors (Lipinski definition) is 1. The summed E-state index contributed by atoms with van der Waals surface area (Å²) in [6.45, 7) is 5.36. The molecule has 0 saturated carbocycles. The van der Waals surface area contributed by atoms with Gasteiger partial charge in [-0.3, -0.25) is 4.90 Å². The van der Waals surface area contributed by atoms with E-state index in [1.165, 1.54) is 18.5 Å². The molecule has 0 aromatic heterocycles. The van der Waals surface area contributed by atoms with Crippen LogP contribution in [0.25, 0.3) is 0 Å². The summed E-state index contributed by atoms with van der Waals surface area (Å²) < 4.78 is 0. The molecule has 18 heavy (non-hydrogen) atoms. The highest BCUT2D eigenvalue weighted by molar-refractivity contribution is 6.30. The second-order valence-electron chi connectivity index (χ2n) is 4.86. The number of benzene rings is 1. The molecule has 1 aromatic rings. The van der Waals surface area contributed by atoms with Crippen molar-refractivity contribution in [1.29, 1.82) is 0 Å². The van der Waals surface area contributed by atoms with Crippen LogP contribution in [0.2, 0.25) is 5.02 Å². The Morgan fingerprint density at radius 1 is 1.39 bits per heavy atom. The van der Waals surface area contributed by atoms with Crippen LogP contribution in [-0.4, -0.2) is 24.5 Å². The molecule has 2 rings (SSSR count). The SMILES string of the molecule is CCC(c1ccc(Cl)cc1)N1CCC(CN)C1.Cl. The van der Waals surface area contributed by atoms with Gasteiger partial charge in [-0.2, -0.15) is 0 Å². The Labute approximate surface area is 121 Å². The van der Waals surface area contributed by atoms with Crippen molar-refractivity contribution < 1.29 is 0 Å². The topological polar surface area (TPSA) is 29.3 Å². The smallest absolute Gasteiger partial charge is 0.0406 e. The van der Waals surface area contributed by atoms with E-state index in [-0.39, 0.29) is 12.4 Å². The summed E-state index contributed by atoms with van der Waals surface area (Å²) in [5.74, 6) is 0.677. The van der Waals surface area contributed by atoms with Gasteiger partial charge in [0.25, 0.3) is 0 Å². The fraction of sp³-hybridized carbons (Fsp3) is 0.571. The predicted molar refractivity (Wildman–Crippen MR) is 80.5 cm³/mol. The van der Waals surface area contributed by atoms with E-state index in [2.05, 4.69) is 24.0 Å². The Morgan fingerprint density at radius 3 is 2.56 bits per heavy atom. The Morgan fingerprint density at radius 2 is 2.06 bits per heavy atom. The lowest BCUT2D eigenvalue weighted by molar-refractivity contribution is 0.231. The maximum absolute atomic E-state index is 5.93. The summed E-state index contributed by atoms with van der Waals surface area (Å²) in [5, 5.41) is 0.810. The lowest BCUT2D eigenvalue weighted by Gasteiger charge is -2.27. The van der Waals surface area contributed by atoms with Crippen LogP contribution in [0.1, 0.15) is 31.4 Å². The number of nitrogens with two attached hydrogens (primary N) is 1. The number of likely N-dealkylation sites (tertiary alicyclic amines) is 1. The van der Waals surface area contributed by atoms with Gasteiger partial charge in [0, 0.05) is 17.6 Å². The third-order valence-corrected chi connectivity index (χ3v) is 3.98. The highest BCUT2D eigenvalue weighted by Crippen LogP contribution is 2.30. The van der Waals surface area contributed by atoms with Gasteiger partial charge in [-0.25, -0.2) is 0 Å². The largest absolute Gasteiger partial charge is 0.330 e. The van der Waals surface area contributed by atoms with Crippen molar-refractivity contribution in [1.82, 2.24) is 4.90 Å². The Balaban J connectivity index is 0.00000162. The molecule has 0 spiro atoms. The predicted octanol–water partition coefficient (Wildman–Crippen LogP) is 3.49. The Bertz CT molecular complexity index is 353. The van der Waals surface area contributed by atoms with Crippen LogP contribution < -0.4 is 5.73 Å². The molecule has 102 valence electrons. The molecule has 2 nitrogen and oxygen atoms in total. The van der Waals surface area contributed by atoms with E-state index < -0.39 is 0 Å². The highest BCUT2D eigenvalue weighted by atomic mass is 35.5. The molecule has 2 atom stereocenters. The summed E-state index contributed by atoms with van der Waals surface area (Å²) >= 11 is 5.93. The van der Waals surface area contributed by atoms with Gasteiger partial charge in [-0.15, -0.1) is 12.4 Å². The molecule has 0 aliphatic carbocycles. The highest BCUT2D eigenvalue weighted by Gasteiger charge is 2.27. The molecule has 2 unspecified atom stereocenters.